The van der Waals surface area contributed by atoms with Crippen molar-refractivity contribution in [1.82, 2.24) is 19.9 Å². The fourth-order valence-corrected chi connectivity index (χ4v) is 4.37. The Morgan fingerprint density at radius 1 is 1.00 bits per heavy atom. The number of nitrogens with two attached hydrogens (primary N) is 1. The number of hydrogen-bond donors (Lipinski definition) is 2. The highest BCUT2D eigenvalue weighted by atomic mass is 16.5. The average molecular weight is 488 g/mol. The number of benzene rings is 2. The number of hydrogen-bond acceptors (Lipinski definition) is 5. The van der Waals surface area contributed by atoms with Gasteiger partial charge >= 0.3 is 0 Å². The van der Waals surface area contributed by atoms with E-state index in [2.05, 4.69) is 26.1 Å². The fourth-order valence-electron chi connectivity index (χ4n) is 4.37. The molecule has 2 aromatic carbocycles. The third-order valence-corrected chi connectivity index (χ3v) is 6.38. The van der Waals surface area contributed by atoms with Gasteiger partial charge in [0.15, 0.2) is 5.65 Å². The maximum atomic E-state index is 13.5. The van der Waals surface area contributed by atoms with Crippen molar-refractivity contribution in [2.75, 3.05) is 12.3 Å². The van der Waals surface area contributed by atoms with Crippen molar-refractivity contribution >= 4 is 33.9 Å². The number of nitrogens with one attached hydrogen (secondary N) is 1. The topological polar surface area (TPSA) is 95.1 Å². The first-order valence-electron chi connectivity index (χ1n) is 13.0. The molecule has 36 heavy (non-hydrogen) atoms. The monoisotopic (exact) mass is 487 g/mol. The van der Waals surface area contributed by atoms with Crippen LogP contribution in [0.25, 0.3) is 27.9 Å². The third-order valence-electron chi connectivity index (χ3n) is 6.38. The molecule has 0 radical (unpaired) electrons. The third kappa shape index (κ3) is 5.61. The number of carbonyl (C=O) groups is 1. The maximum Gasteiger partial charge on any atom is 0.257 e. The van der Waals surface area contributed by atoms with Crippen molar-refractivity contribution < 1.29 is 9.53 Å². The molecule has 0 bridgehead atoms. The van der Waals surface area contributed by atoms with Crippen LogP contribution in [-0.4, -0.2) is 33.1 Å². The number of nitrogens with zero attached hydrogens (tertiary/aromatic N) is 3. The lowest BCUT2D eigenvalue weighted by atomic mass is 10.0. The summed E-state index contributed by atoms with van der Waals surface area (Å²) >= 11 is 0. The minimum Gasteiger partial charge on any atom is -0.494 e. The number of para-hydroxylation sites is 2. The van der Waals surface area contributed by atoms with E-state index < -0.39 is 0 Å². The van der Waals surface area contributed by atoms with E-state index in [9.17, 15) is 4.79 Å². The van der Waals surface area contributed by atoms with Gasteiger partial charge in [0.25, 0.3) is 5.91 Å². The van der Waals surface area contributed by atoms with Crippen LogP contribution in [0.2, 0.25) is 0 Å². The van der Waals surface area contributed by atoms with E-state index in [1.165, 1.54) is 0 Å². The Labute approximate surface area is 213 Å². The van der Waals surface area contributed by atoms with Crippen molar-refractivity contribution in [2.24, 2.45) is 5.92 Å². The molecule has 0 saturated carbocycles. The van der Waals surface area contributed by atoms with Crippen molar-refractivity contribution in [1.29, 1.82) is 0 Å². The first-order chi connectivity index (χ1) is 17.4. The van der Waals surface area contributed by atoms with Gasteiger partial charge < -0.3 is 15.8 Å². The van der Waals surface area contributed by atoms with E-state index in [4.69, 9.17) is 20.4 Å². The number of unbranched alkanes of at least 4 members (excludes halogenated alkanes) is 1. The summed E-state index contributed by atoms with van der Waals surface area (Å²) in [5.41, 5.74) is 10.3. The van der Waals surface area contributed by atoms with Gasteiger partial charge in [0.05, 0.1) is 17.6 Å². The van der Waals surface area contributed by atoms with Crippen molar-refractivity contribution in [3.8, 4) is 11.4 Å². The zero-order valence-electron chi connectivity index (χ0n) is 21.8. The molecule has 7 nitrogen and oxygen atoms in total. The number of ether oxygens (including phenoxy) is 1. The van der Waals surface area contributed by atoms with Crippen molar-refractivity contribution in [2.45, 2.75) is 65.8 Å². The lowest BCUT2D eigenvalue weighted by molar-refractivity contribution is 0.0940. The van der Waals surface area contributed by atoms with E-state index in [0.29, 0.717) is 35.1 Å². The zero-order chi connectivity index (χ0) is 25.7. The second-order valence-electron chi connectivity index (χ2n) is 9.88. The summed E-state index contributed by atoms with van der Waals surface area (Å²) in [6, 6.07) is 15.4. The highest BCUT2D eigenvalue weighted by Crippen LogP contribution is 2.31. The van der Waals surface area contributed by atoms with E-state index in [0.717, 1.165) is 54.6 Å². The molecule has 0 aliphatic heterocycles. The van der Waals surface area contributed by atoms with Gasteiger partial charge in [-0.15, -0.1) is 0 Å². The molecule has 3 N–H and O–H groups in total. The largest absolute Gasteiger partial charge is 0.494 e. The summed E-state index contributed by atoms with van der Waals surface area (Å²) in [5.74, 6) is 1.55. The lowest BCUT2D eigenvalue weighted by Gasteiger charge is -2.15. The molecular formula is C29H37N5O2. The van der Waals surface area contributed by atoms with Crippen LogP contribution in [0.5, 0.6) is 5.75 Å². The number of amides is 1. The van der Waals surface area contributed by atoms with E-state index in [-0.39, 0.29) is 11.9 Å². The highest BCUT2D eigenvalue weighted by molar-refractivity contribution is 6.11. The fraction of sp³-hybridized carbons (Fsp3) is 0.414. The maximum absolute atomic E-state index is 13.5. The van der Waals surface area contributed by atoms with Crippen LogP contribution >= 0.6 is 0 Å². The van der Waals surface area contributed by atoms with Gasteiger partial charge in [0.2, 0.25) is 0 Å². The minimum absolute atomic E-state index is 0.0296. The molecule has 0 aliphatic rings. The predicted octanol–water partition coefficient (Wildman–Crippen LogP) is 6.28. The molecule has 2 aromatic heterocycles. The molecule has 7 heteroatoms. The normalized spacial score (nSPS) is 12.4. The summed E-state index contributed by atoms with van der Waals surface area (Å²) in [4.78, 5) is 23.2. The molecule has 2 heterocycles. The predicted molar refractivity (Wildman–Crippen MR) is 147 cm³/mol. The smallest absolute Gasteiger partial charge is 0.257 e. The Morgan fingerprint density at radius 3 is 2.36 bits per heavy atom. The van der Waals surface area contributed by atoms with Gasteiger partial charge in [-0.25, -0.2) is 9.97 Å². The molecule has 0 aliphatic carbocycles. The number of rotatable bonds is 11. The molecule has 1 amide bonds. The Hall–Kier alpha value is -3.61. The Bertz CT molecular complexity index is 1330. The number of anilines is 1. The molecule has 190 valence electrons. The Balaban J connectivity index is 1.72. The second kappa shape index (κ2) is 11.4. The van der Waals surface area contributed by atoms with Gasteiger partial charge in [0, 0.05) is 11.7 Å². The summed E-state index contributed by atoms with van der Waals surface area (Å²) in [7, 11) is 0. The van der Waals surface area contributed by atoms with Crippen molar-refractivity contribution in [3.63, 3.8) is 0 Å². The first kappa shape index (κ1) is 25.5. The molecule has 4 rings (SSSR count). The highest BCUT2D eigenvalue weighted by Gasteiger charge is 2.25. The summed E-state index contributed by atoms with van der Waals surface area (Å²) in [5, 5.41) is 3.13. The van der Waals surface area contributed by atoms with Gasteiger partial charge in [-0.05, 0) is 62.1 Å². The number of aromatic nitrogens is 3. The molecule has 0 spiro atoms. The van der Waals surface area contributed by atoms with Crippen LogP contribution in [0.15, 0.2) is 48.5 Å². The zero-order valence-corrected chi connectivity index (χ0v) is 21.8. The SMILES string of the molecule is CCCCOc1ccc(-n2c(N)c(C(=O)NC(C)CCCC(C)C)c3nc4ccccc4nc32)cc1. The van der Waals surface area contributed by atoms with Crippen LogP contribution in [0.4, 0.5) is 5.82 Å². The number of fused-ring (bicyclic) bond motifs is 2. The van der Waals surface area contributed by atoms with E-state index in [1.807, 2.05) is 60.0 Å². The lowest BCUT2D eigenvalue weighted by Crippen LogP contribution is -2.33. The average Bonchev–Trinajstić information content (AvgIpc) is 3.13. The Kier molecular flexibility index (Phi) is 8.08. The molecule has 0 saturated heterocycles. The first-order valence-corrected chi connectivity index (χ1v) is 13.0. The summed E-state index contributed by atoms with van der Waals surface area (Å²) in [6.45, 7) is 9.28. The number of carbonyl (C=O) groups excluding carboxylic acids is 1. The summed E-state index contributed by atoms with van der Waals surface area (Å²) < 4.78 is 7.62. The van der Waals surface area contributed by atoms with Gasteiger partial charge in [0.1, 0.15) is 22.6 Å². The molecule has 1 unspecified atom stereocenters. The standard InChI is InChI=1S/C29H37N5O2/c1-5-6-18-36-22-16-14-21(15-17-22)34-27(30)25(29(35)31-20(4)11-9-10-19(2)3)26-28(34)33-24-13-8-7-12-23(24)32-26/h7-8,12-17,19-20H,5-6,9-11,18,30H2,1-4H3,(H,31,35). The van der Waals surface area contributed by atoms with E-state index in [1.54, 1.807) is 0 Å². The molecule has 0 fully saturated rings. The second-order valence-corrected chi connectivity index (χ2v) is 9.88. The Morgan fingerprint density at radius 2 is 1.69 bits per heavy atom. The minimum atomic E-state index is -0.225. The van der Waals surface area contributed by atoms with Crippen LogP contribution < -0.4 is 15.8 Å². The van der Waals surface area contributed by atoms with Crippen LogP contribution in [0.3, 0.4) is 0 Å². The van der Waals surface area contributed by atoms with Gasteiger partial charge in [-0.1, -0.05) is 52.2 Å². The quantitative estimate of drug-likeness (QED) is 0.243. The van der Waals surface area contributed by atoms with Gasteiger partial charge in [-0.2, -0.15) is 0 Å². The summed E-state index contributed by atoms with van der Waals surface area (Å²) in [6.07, 6.45) is 5.20. The molecule has 4 aromatic rings. The van der Waals surface area contributed by atoms with E-state index >= 15 is 0 Å². The molecule has 1 atom stereocenters. The van der Waals surface area contributed by atoms with Crippen LogP contribution in [-0.2, 0) is 0 Å². The molecular weight excluding hydrogens is 450 g/mol. The van der Waals surface area contributed by atoms with Crippen molar-refractivity contribution in [3.05, 3.63) is 54.1 Å². The van der Waals surface area contributed by atoms with Crippen LogP contribution in [0.1, 0.15) is 70.2 Å². The van der Waals surface area contributed by atoms with Crippen LogP contribution in [0, 0.1) is 5.92 Å². The number of nitrogen functional groups attached to an aromatic ring is 1. The van der Waals surface area contributed by atoms with Gasteiger partial charge in [-0.3, -0.25) is 9.36 Å².